The highest BCUT2D eigenvalue weighted by Crippen LogP contribution is 2.22. The van der Waals surface area contributed by atoms with E-state index in [2.05, 4.69) is 4.98 Å². The zero-order valence-corrected chi connectivity index (χ0v) is 10.4. The van der Waals surface area contributed by atoms with Crippen molar-refractivity contribution < 1.29 is 9.90 Å². The molecule has 4 nitrogen and oxygen atoms in total. The second-order valence-corrected chi connectivity index (χ2v) is 4.36. The molecule has 0 aliphatic carbocycles. The number of aromatic nitrogens is 2. The number of carboxylic acid groups (broad SMARTS) is 1. The number of nitrogens with zero attached hydrogens (tertiary/aromatic N) is 2. The summed E-state index contributed by atoms with van der Waals surface area (Å²) in [7, 11) is 0. The van der Waals surface area contributed by atoms with Gasteiger partial charge in [-0.05, 0) is 36.8 Å². The van der Waals surface area contributed by atoms with Gasteiger partial charge < -0.3 is 5.11 Å². The fourth-order valence-electron chi connectivity index (χ4n) is 2.27. The maximum absolute atomic E-state index is 11.2. The summed E-state index contributed by atoms with van der Waals surface area (Å²) in [6.07, 6.45) is 1.72. The van der Waals surface area contributed by atoms with Gasteiger partial charge in [0.2, 0.25) is 0 Å². The molecule has 0 unspecified atom stereocenters. The summed E-state index contributed by atoms with van der Waals surface area (Å²) in [6, 6.07) is 13.0. The highest BCUT2D eigenvalue weighted by molar-refractivity contribution is 5.91. The van der Waals surface area contributed by atoms with Crippen LogP contribution in [0.4, 0.5) is 0 Å². The number of benzene rings is 2. The summed E-state index contributed by atoms with van der Waals surface area (Å²) >= 11 is 0. The predicted octanol–water partition coefficient (Wildman–Crippen LogP) is 3.03. The predicted molar refractivity (Wildman–Crippen MR) is 72.8 cm³/mol. The number of carboxylic acids is 1. The van der Waals surface area contributed by atoms with Crippen LogP contribution in [0.3, 0.4) is 0 Å². The zero-order chi connectivity index (χ0) is 13.4. The van der Waals surface area contributed by atoms with Crippen molar-refractivity contribution in [2.45, 2.75) is 6.92 Å². The van der Waals surface area contributed by atoms with E-state index in [0.29, 0.717) is 5.56 Å². The van der Waals surface area contributed by atoms with E-state index in [0.717, 1.165) is 22.3 Å². The number of aromatic carboxylic acids is 1. The minimum Gasteiger partial charge on any atom is -0.478 e. The molecule has 0 aliphatic rings. The van der Waals surface area contributed by atoms with Crippen LogP contribution in [0, 0.1) is 6.92 Å². The van der Waals surface area contributed by atoms with Crippen LogP contribution in [-0.4, -0.2) is 20.6 Å². The maximum atomic E-state index is 11.2. The summed E-state index contributed by atoms with van der Waals surface area (Å²) in [5.41, 5.74) is 3.75. The molecule has 94 valence electrons. The van der Waals surface area contributed by atoms with E-state index in [9.17, 15) is 9.90 Å². The number of carbonyl (C=O) groups is 1. The van der Waals surface area contributed by atoms with Crippen molar-refractivity contribution in [3.8, 4) is 5.69 Å². The molecule has 0 radical (unpaired) electrons. The Morgan fingerprint density at radius 3 is 2.74 bits per heavy atom. The Bertz CT molecular complexity index is 775. The molecule has 0 bridgehead atoms. The lowest BCUT2D eigenvalue weighted by molar-refractivity contribution is 0.0696. The number of fused-ring (bicyclic) bond motifs is 1. The monoisotopic (exact) mass is 252 g/mol. The minimum atomic E-state index is -0.913. The minimum absolute atomic E-state index is 0.315. The molecular weight excluding hydrogens is 240 g/mol. The smallest absolute Gasteiger partial charge is 0.336 e. The van der Waals surface area contributed by atoms with Crippen LogP contribution in [0.2, 0.25) is 0 Å². The number of para-hydroxylation sites is 2. The number of hydrogen-bond acceptors (Lipinski definition) is 2. The van der Waals surface area contributed by atoms with Gasteiger partial charge in [0.25, 0.3) is 0 Å². The third-order valence-corrected chi connectivity index (χ3v) is 3.25. The van der Waals surface area contributed by atoms with E-state index in [-0.39, 0.29) is 0 Å². The summed E-state index contributed by atoms with van der Waals surface area (Å²) in [5.74, 6) is -0.913. The van der Waals surface area contributed by atoms with Gasteiger partial charge >= 0.3 is 5.97 Å². The molecule has 0 saturated heterocycles. The molecule has 0 spiro atoms. The topological polar surface area (TPSA) is 55.1 Å². The second kappa shape index (κ2) is 4.24. The highest BCUT2D eigenvalue weighted by Gasteiger charge is 2.12. The van der Waals surface area contributed by atoms with Crippen molar-refractivity contribution in [2.75, 3.05) is 0 Å². The standard InChI is InChI=1S/C15H12N2O2/c1-10-11(15(18)19)5-4-8-13(10)17-9-16-12-6-2-3-7-14(12)17/h2-9H,1H3,(H,18,19). The van der Waals surface area contributed by atoms with Crippen LogP contribution in [0.5, 0.6) is 0 Å². The molecule has 2 aromatic carbocycles. The maximum Gasteiger partial charge on any atom is 0.336 e. The Morgan fingerprint density at radius 1 is 1.16 bits per heavy atom. The Hall–Kier alpha value is -2.62. The average molecular weight is 252 g/mol. The lowest BCUT2D eigenvalue weighted by Crippen LogP contribution is -2.04. The molecule has 19 heavy (non-hydrogen) atoms. The van der Waals surface area contributed by atoms with Gasteiger partial charge in [0.1, 0.15) is 6.33 Å². The molecule has 0 atom stereocenters. The van der Waals surface area contributed by atoms with E-state index in [1.165, 1.54) is 0 Å². The lowest BCUT2D eigenvalue weighted by atomic mass is 10.1. The van der Waals surface area contributed by atoms with Crippen LogP contribution in [0.25, 0.3) is 16.7 Å². The first kappa shape index (κ1) is 11.5. The quantitative estimate of drug-likeness (QED) is 0.762. The normalized spacial score (nSPS) is 10.8. The third kappa shape index (κ3) is 1.78. The van der Waals surface area contributed by atoms with Gasteiger partial charge in [-0.3, -0.25) is 4.57 Å². The van der Waals surface area contributed by atoms with Gasteiger partial charge in [0.15, 0.2) is 0 Å². The first-order valence-corrected chi connectivity index (χ1v) is 5.94. The molecule has 0 amide bonds. The van der Waals surface area contributed by atoms with Crippen molar-refractivity contribution in [1.29, 1.82) is 0 Å². The van der Waals surface area contributed by atoms with Gasteiger partial charge in [-0.2, -0.15) is 0 Å². The summed E-state index contributed by atoms with van der Waals surface area (Å²) in [4.78, 5) is 15.5. The van der Waals surface area contributed by atoms with Crippen molar-refractivity contribution in [1.82, 2.24) is 9.55 Å². The van der Waals surface area contributed by atoms with Crippen LogP contribution >= 0.6 is 0 Å². The van der Waals surface area contributed by atoms with Crippen molar-refractivity contribution in [2.24, 2.45) is 0 Å². The number of imidazole rings is 1. The summed E-state index contributed by atoms with van der Waals surface area (Å²) < 4.78 is 1.91. The fraction of sp³-hybridized carbons (Fsp3) is 0.0667. The van der Waals surface area contributed by atoms with E-state index in [1.807, 2.05) is 41.8 Å². The first-order valence-electron chi connectivity index (χ1n) is 5.94. The summed E-state index contributed by atoms with van der Waals surface area (Å²) in [6.45, 7) is 1.81. The molecule has 0 fully saturated rings. The molecule has 3 rings (SSSR count). The molecule has 3 aromatic rings. The van der Waals surface area contributed by atoms with Gasteiger partial charge in [0.05, 0.1) is 22.3 Å². The van der Waals surface area contributed by atoms with Crippen molar-refractivity contribution in [3.63, 3.8) is 0 Å². The zero-order valence-electron chi connectivity index (χ0n) is 10.4. The van der Waals surface area contributed by atoms with E-state index in [1.54, 1.807) is 18.5 Å². The fourth-order valence-corrected chi connectivity index (χ4v) is 2.27. The molecule has 1 aromatic heterocycles. The Labute approximate surface area is 109 Å². The first-order chi connectivity index (χ1) is 9.18. The summed E-state index contributed by atoms with van der Waals surface area (Å²) in [5, 5.41) is 9.18. The third-order valence-electron chi connectivity index (χ3n) is 3.25. The molecule has 1 N–H and O–H groups in total. The molecule has 1 heterocycles. The molecule has 0 saturated carbocycles. The Morgan fingerprint density at radius 2 is 1.95 bits per heavy atom. The van der Waals surface area contributed by atoms with Crippen molar-refractivity contribution in [3.05, 3.63) is 59.9 Å². The largest absolute Gasteiger partial charge is 0.478 e. The van der Waals surface area contributed by atoms with Gasteiger partial charge in [-0.15, -0.1) is 0 Å². The second-order valence-electron chi connectivity index (χ2n) is 4.36. The van der Waals surface area contributed by atoms with Crippen LogP contribution in [-0.2, 0) is 0 Å². The average Bonchev–Trinajstić information content (AvgIpc) is 2.82. The Balaban J connectivity index is 2.28. The highest BCUT2D eigenvalue weighted by atomic mass is 16.4. The molecular formula is C15H12N2O2. The van der Waals surface area contributed by atoms with Gasteiger partial charge in [0, 0.05) is 0 Å². The molecule has 0 aliphatic heterocycles. The SMILES string of the molecule is Cc1c(C(=O)O)cccc1-n1cnc2ccccc21. The van der Waals surface area contributed by atoms with Crippen molar-refractivity contribution >= 4 is 17.0 Å². The van der Waals surface area contributed by atoms with Gasteiger partial charge in [-0.1, -0.05) is 18.2 Å². The Kier molecular flexibility index (Phi) is 2.56. The lowest BCUT2D eigenvalue weighted by Gasteiger charge is -2.10. The number of rotatable bonds is 2. The van der Waals surface area contributed by atoms with E-state index in [4.69, 9.17) is 0 Å². The van der Waals surface area contributed by atoms with Crippen LogP contribution in [0.15, 0.2) is 48.8 Å². The van der Waals surface area contributed by atoms with E-state index < -0.39 is 5.97 Å². The van der Waals surface area contributed by atoms with E-state index >= 15 is 0 Å². The molecule has 4 heteroatoms. The van der Waals surface area contributed by atoms with Crippen LogP contribution < -0.4 is 0 Å². The van der Waals surface area contributed by atoms with Gasteiger partial charge in [-0.25, -0.2) is 9.78 Å². The number of hydrogen-bond donors (Lipinski definition) is 1. The van der Waals surface area contributed by atoms with Crippen LogP contribution in [0.1, 0.15) is 15.9 Å².